The van der Waals surface area contributed by atoms with Gasteiger partial charge in [-0.05, 0) is 51.1 Å². The van der Waals surface area contributed by atoms with Crippen LogP contribution < -0.4 is 5.32 Å². The number of nitrogens with one attached hydrogen (secondary N) is 1. The molecule has 0 aromatic heterocycles. The van der Waals surface area contributed by atoms with Crippen molar-refractivity contribution in [2.45, 2.75) is 38.0 Å². The van der Waals surface area contributed by atoms with Crippen LogP contribution in [0.15, 0.2) is 24.3 Å². The summed E-state index contributed by atoms with van der Waals surface area (Å²) in [4.78, 5) is 2.17. The third-order valence-electron chi connectivity index (χ3n) is 4.15. The van der Waals surface area contributed by atoms with Crippen LogP contribution in [0.1, 0.15) is 36.9 Å². The van der Waals surface area contributed by atoms with Crippen LogP contribution in [0.4, 0.5) is 13.2 Å². The van der Waals surface area contributed by atoms with Crippen molar-refractivity contribution in [3.63, 3.8) is 0 Å². The quantitative estimate of drug-likeness (QED) is 0.915. The smallest absolute Gasteiger partial charge is 0.315 e. The molecule has 0 spiro atoms. The third kappa shape index (κ3) is 3.52. The first-order valence-electron chi connectivity index (χ1n) is 6.99. The monoisotopic (exact) mass is 286 g/mol. The van der Waals surface area contributed by atoms with E-state index in [0.29, 0.717) is 11.6 Å². The second-order valence-corrected chi connectivity index (χ2v) is 5.46. The van der Waals surface area contributed by atoms with E-state index >= 15 is 0 Å². The van der Waals surface area contributed by atoms with E-state index in [1.54, 1.807) is 6.07 Å². The molecule has 2 unspecified atom stereocenters. The number of benzene rings is 1. The van der Waals surface area contributed by atoms with Crippen molar-refractivity contribution in [2.75, 3.05) is 20.1 Å². The van der Waals surface area contributed by atoms with Crippen LogP contribution in [0, 0.1) is 0 Å². The van der Waals surface area contributed by atoms with E-state index in [-0.39, 0.29) is 6.04 Å². The van der Waals surface area contributed by atoms with Gasteiger partial charge < -0.3 is 5.32 Å². The first kappa shape index (κ1) is 15.3. The molecule has 20 heavy (non-hydrogen) atoms. The summed E-state index contributed by atoms with van der Waals surface area (Å²) in [5.41, 5.74) is 0.143. The molecule has 1 heterocycles. The van der Waals surface area contributed by atoms with Gasteiger partial charge in [-0.3, -0.25) is 4.90 Å². The molecule has 2 nitrogen and oxygen atoms in total. The zero-order valence-corrected chi connectivity index (χ0v) is 11.9. The van der Waals surface area contributed by atoms with E-state index in [0.717, 1.165) is 32.0 Å². The number of piperidine rings is 1. The molecule has 1 aromatic rings. The van der Waals surface area contributed by atoms with E-state index in [2.05, 4.69) is 10.2 Å². The fourth-order valence-electron chi connectivity index (χ4n) is 2.71. The molecule has 1 aromatic carbocycles. The minimum Gasteiger partial charge on any atom is -0.315 e. The minimum absolute atomic E-state index is 0.0257. The lowest BCUT2D eigenvalue weighted by Crippen LogP contribution is -2.45. The molecule has 0 amide bonds. The second kappa shape index (κ2) is 6.14. The molecule has 0 aliphatic carbocycles. The highest BCUT2D eigenvalue weighted by Crippen LogP contribution is 2.32. The number of nitrogens with zero attached hydrogens (tertiary/aromatic N) is 1. The summed E-state index contributed by atoms with van der Waals surface area (Å²) in [5, 5.41) is 3.34. The van der Waals surface area contributed by atoms with Gasteiger partial charge in [-0.2, -0.15) is 13.2 Å². The van der Waals surface area contributed by atoms with Gasteiger partial charge in [0.2, 0.25) is 0 Å². The molecular weight excluding hydrogens is 265 g/mol. The number of likely N-dealkylation sites (N-methyl/N-ethyl adjacent to an activating group) is 1. The Bertz CT molecular complexity index is 439. The lowest BCUT2D eigenvalue weighted by Gasteiger charge is -2.36. The van der Waals surface area contributed by atoms with Gasteiger partial charge >= 0.3 is 6.18 Å². The average Bonchev–Trinajstić information content (AvgIpc) is 2.46. The molecule has 0 saturated carbocycles. The summed E-state index contributed by atoms with van der Waals surface area (Å²) in [6.45, 7) is 3.90. The van der Waals surface area contributed by atoms with Gasteiger partial charge in [0.15, 0.2) is 0 Å². The number of hydrogen-bond acceptors (Lipinski definition) is 2. The number of halogens is 3. The first-order valence-corrected chi connectivity index (χ1v) is 6.99. The Morgan fingerprint density at radius 2 is 2.10 bits per heavy atom. The van der Waals surface area contributed by atoms with Gasteiger partial charge in [-0.1, -0.05) is 12.1 Å². The van der Waals surface area contributed by atoms with E-state index in [4.69, 9.17) is 0 Å². The minimum atomic E-state index is -4.28. The fraction of sp³-hybridized carbons (Fsp3) is 0.600. The van der Waals surface area contributed by atoms with Gasteiger partial charge in [0.25, 0.3) is 0 Å². The summed E-state index contributed by atoms with van der Waals surface area (Å²) in [7, 11) is 1.99. The second-order valence-electron chi connectivity index (χ2n) is 5.46. The van der Waals surface area contributed by atoms with Crippen LogP contribution in [0.25, 0.3) is 0 Å². The third-order valence-corrected chi connectivity index (χ3v) is 4.15. The SMILES string of the molecule is CC(c1cccc(C(F)(F)F)c1)N(C)C1CCCNC1. The summed E-state index contributed by atoms with van der Waals surface area (Å²) in [6, 6.07) is 6.00. The van der Waals surface area contributed by atoms with Crippen molar-refractivity contribution in [1.29, 1.82) is 0 Å². The zero-order chi connectivity index (χ0) is 14.8. The normalized spacial score (nSPS) is 22.0. The Morgan fingerprint density at radius 3 is 2.70 bits per heavy atom. The van der Waals surface area contributed by atoms with Crippen molar-refractivity contribution >= 4 is 0 Å². The summed E-state index contributed by atoms with van der Waals surface area (Å²) >= 11 is 0. The highest BCUT2D eigenvalue weighted by Gasteiger charge is 2.31. The first-order chi connectivity index (χ1) is 9.39. The Balaban J connectivity index is 2.13. The Morgan fingerprint density at radius 1 is 1.35 bits per heavy atom. The number of alkyl halides is 3. The van der Waals surface area contributed by atoms with Gasteiger partial charge in [-0.15, -0.1) is 0 Å². The van der Waals surface area contributed by atoms with Crippen molar-refractivity contribution in [3.8, 4) is 0 Å². The van der Waals surface area contributed by atoms with Crippen LogP contribution in [0.5, 0.6) is 0 Å². The average molecular weight is 286 g/mol. The maximum absolute atomic E-state index is 12.8. The molecule has 0 radical (unpaired) electrons. The van der Waals surface area contributed by atoms with Crippen molar-refractivity contribution in [2.24, 2.45) is 0 Å². The molecule has 1 fully saturated rings. The predicted molar refractivity (Wildman–Crippen MR) is 73.5 cm³/mol. The summed E-state index contributed by atoms with van der Waals surface area (Å²) in [6.07, 6.45) is -2.07. The van der Waals surface area contributed by atoms with Crippen LogP contribution in [0.2, 0.25) is 0 Å². The molecule has 1 N–H and O–H groups in total. The zero-order valence-electron chi connectivity index (χ0n) is 11.9. The Hall–Kier alpha value is -1.07. The van der Waals surface area contributed by atoms with Gasteiger partial charge in [0.1, 0.15) is 0 Å². The standard InChI is InChI=1S/C15H21F3N2/c1-11(20(2)14-7-4-8-19-10-14)12-5-3-6-13(9-12)15(16,17)18/h3,5-6,9,11,14,19H,4,7-8,10H2,1-2H3. The number of hydrogen-bond donors (Lipinski definition) is 1. The molecule has 1 aliphatic rings. The molecule has 2 atom stereocenters. The molecule has 2 rings (SSSR count). The van der Waals surface area contributed by atoms with Crippen LogP contribution in [-0.2, 0) is 6.18 Å². The largest absolute Gasteiger partial charge is 0.416 e. The van der Waals surface area contributed by atoms with Crippen LogP contribution >= 0.6 is 0 Å². The van der Waals surface area contributed by atoms with Crippen LogP contribution in [0.3, 0.4) is 0 Å². The van der Waals surface area contributed by atoms with Crippen molar-refractivity contribution in [3.05, 3.63) is 35.4 Å². The van der Waals surface area contributed by atoms with Crippen LogP contribution in [-0.4, -0.2) is 31.1 Å². The van der Waals surface area contributed by atoms with E-state index in [1.807, 2.05) is 14.0 Å². The molecule has 0 bridgehead atoms. The van der Waals surface area contributed by atoms with Gasteiger partial charge in [0, 0.05) is 18.6 Å². The van der Waals surface area contributed by atoms with Gasteiger partial charge in [0.05, 0.1) is 5.56 Å². The van der Waals surface area contributed by atoms with E-state index < -0.39 is 11.7 Å². The predicted octanol–water partition coefficient (Wildman–Crippen LogP) is 3.45. The van der Waals surface area contributed by atoms with Gasteiger partial charge in [-0.25, -0.2) is 0 Å². The molecular formula is C15H21F3N2. The summed E-state index contributed by atoms with van der Waals surface area (Å²) < 4.78 is 38.3. The molecule has 1 saturated heterocycles. The van der Waals surface area contributed by atoms with Crippen molar-refractivity contribution in [1.82, 2.24) is 10.2 Å². The fourth-order valence-corrected chi connectivity index (χ4v) is 2.71. The topological polar surface area (TPSA) is 15.3 Å². The molecule has 112 valence electrons. The molecule has 5 heteroatoms. The van der Waals surface area contributed by atoms with E-state index in [1.165, 1.54) is 12.1 Å². The number of rotatable bonds is 3. The lowest BCUT2D eigenvalue weighted by molar-refractivity contribution is -0.137. The lowest BCUT2D eigenvalue weighted by atomic mass is 10.00. The van der Waals surface area contributed by atoms with Crippen molar-refractivity contribution < 1.29 is 13.2 Å². The highest BCUT2D eigenvalue weighted by molar-refractivity contribution is 5.27. The Labute approximate surface area is 118 Å². The maximum Gasteiger partial charge on any atom is 0.416 e. The highest BCUT2D eigenvalue weighted by atomic mass is 19.4. The van der Waals surface area contributed by atoms with E-state index in [9.17, 15) is 13.2 Å². The summed E-state index contributed by atoms with van der Waals surface area (Å²) in [5.74, 6) is 0. The molecule has 1 aliphatic heterocycles. The Kier molecular flexibility index (Phi) is 4.70. The maximum atomic E-state index is 12.8.